The van der Waals surface area contributed by atoms with E-state index in [-0.39, 0.29) is 37.5 Å². The fourth-order valence-electron chi connectivity index (χ4n) is 2.62. The van der Waals surface area contributed by atoms with E-state index in [0.717, 1.165) is 6.21 Å². The van der Waals surface area contributed by atoms with Gasteiger partial charge in [0.1, 0.15) is 11.7 Å². The Labute approximate surface area is 147 Å². The number of halogens is 2. The molecule has 8 nitrogen and oxygen atoms in total. The average Bonchev–Trinajstić information content (AvgIpc) is 3.03. The maximum absolute atomic E-state index is 13.3. The number of piperidine rings is 1. The number of allylic oxidation sites excluding steroid dienone is 1. The number of hydrogen-bond donors (Lipinski definition) is 3. The third-order valence-electron chi connectivity index (χ3n) is 4.01. The summed E-state index contributed by atoms with van der Waals surface area (Å²) >= 11 is 0. The third kappa shape index (κ3) is 3.73. The number of aromatic nitrogens is 3. The summed E-state index contributed by atoms with van der Waals surface area (Å²) < 4.78 is 28.0. The van der Waals surface area contributed by atoms with Gasteiger partial charge in [0.05, 0.1) is 6.20 Å². The van der Waals surface area contributed by atoms with Crippen LogP contribution in [-0.4, -0.2) is 51.6 Å². The van der Waals surface area contributed by atoms with Gasteiger partial charge in [-0.05, 0) is 24.3 Å². The van der Waals surface area contributed by atoms with E-state index in [2.05, 4.69) is 15.4 Å². The minimum atomic E-state index is -2.65. The SMILES string of the molecule is N=C/C=C\C(=N)NC(=O)c1cnc2ccc(N3CCC(F)(F)CC3)nn12. The summed E-state index contributed by atoms with van der Waals surface area (Å²) in [6, 6.07) is 3.34. The molecule has 1 amide bonds. The second kappa shape index (κ2) is 6.98. The molecule has 0 unspecified atom stereocenters. The molecule has 1 fully saturated rings. The van der Waals surface area contributed by atoms with Crippen LogP contribution in [0.4, 0.5) is 14.6 Å². The zero-order valence-corrected chi connectivity index (χ0v) is 13.7. The molecule has 10 heteroatoms. The Morgan fingerprint density at radius 3 is 2.73 bits per heavy atom. The van der Waals surface area contributed by atoms with Gasteiger partial charge in [-0.2, -0.15) is 0 Å². The maximum atomic E-state index is 13.3. The second-order valence-electron chi connectivity index (χ2n) is 5.84. The van der Waals surface area contributed by atoms with Crippen molar-refractivity contribution in [2.24, 2.45) is 0 Å². The molecule has 0 radical (unpaired) electrons. The van der Waals surface area contributed by atoms with Gasteiger partial charge >= 0.3 is 0 Å². The van der Waals surface area contributed by atoms with Gasteiger partial charge in [-0.25, -0.2) is 18.3 Å². The molecule has 3 rings (SSSR count). The van der Waals surface area contributed by atoms with E-state index in [0.29, 0.717) is 11.5 Å². The van der Waals surface area contributed by atoms with Crippen molar-refractivity contribution in [2.45, 2.75) is 18.8 Å². The van der Waals surface area contributed by atoms with Crippen molar-refractivity contribution >= 4 is 29.4 Å². The summed E-state index contributed by atoms with van der Waals surface area (Å²) in [7, 11) is 0. The lowest BCUT2D eigenvalue weighted by molar-refractivity contribution is -0.0221. The summed E-state index contributed by atoms with van der Waals surface area (Å²) in [6.45, 7) is 0.363. The number of imidazole rings is 1. The fourth-order valence-corrected chi connectivity index (χ4v) is 2.62. The minimum Gasteiger partial charge on any atom is -0.355 e. The zero-order chi connectivity index (χ0) is 18.7. The number of amidine groups is 1. The first kappa shape index (κ1) is 17.6. The number of carbonyl (C=O) groups excluding carboxylic acids is 1. The molecule has 0 bridgehead atoms. The van der Waals surface area contributed by atoms with Crippen molar-refractivity contribution in [1.29, 1.82) is 10.8 Å². The van der Waals surface area contributed by atoms with Crippen LogP contribution in [0.2, 0.25) is 0 Å². The molecule has 0 atom stereocenters. The number of alkyl halides is 2. The number of carbonyl (C=O) groups is 1. The molecule has 0 aromatic carbocycles. The predicted octanol–water partition coefficient (Wildman–Crippen LogP) is 1.88. The Bertz CT molecular complexity index is 880. The van der Waals surface area contributed by atoms with Crippen molar-refractivity contribution in [2.75, 3.05) is 18.0 Å². The van der Waals surface area contributed by atoms with E-state index in [9.17, 15) is 13.6 Å². The number of nitrogens with zero attached hydrogens (tertiary/aromatic N) is 4. The van der Waals surface area contributed by atoms with Crippen LogP contribution in [0.3, 0.4) is 0 Å². The number of hydrogen-bond acceptors (Lipinski definition) is 6. The average molecular weight is 361 g/mol. The zero-order valence-electron chi connectivity index (χ0n) is 13.7. The normalized spacial score (nSPS) is 16.8. The molecule has 2 aromatic heterocycles. The Kier molecular flexibility index (Phi) is 4.74. The van der Waals surface area contributed by atoms with E-state index in [4.69, 9.17) is 10.8 Å². The van der Waals surface area contributed by atoms with Crippen molar-refractivity contribution in [3.63, 3.8) is 0 Å². The summed E-state index contributed by atoms with van der Waals surface area (Å²) in [4.78, 5) is 18.1. The van der Waals surface area contributed by atoms with Crippen molar-refractivity contribution < 1.29 is 13.6 Å². The van der Waals surface area contributed by atoms with Crippen molar-refractivity contribution in [3.05, 3.63) is 36.2 Å². The topological polar surface area (TPSA) is 110 Å². The molecule has 3 N–H and O–H groups in total. The molecule has 0 saturated carbocycles. The lowest BCUT2D eigenvalue weighted by Gasteiger charge is -2.32. The first-order chi connectivity index (χ1) is 12.4. The van der Waals surface area contributed by atoms with Gasteiger partial charge in [-0.1, -0.05) is 0 Å². The van der Waals surface area contributed by atoms with Gasteiger partial charge in [0, 0.05) is 32.1 Å². The number of rotatable bonds is 4. The molecular formula is C16H17F2N7O. The predicted molar refractivity (Wildman–Crippen MR) is 92.5 cm³/mol. The maximum Gasteiger partial charge on any atom is 0.277 e. The van der Waals surface area contributed by atoms with E-state index in [1.165, 1.54) is 22.9 Å². The van der Waals surface area contributed by atoms with Crippen molar-refractivity contribution in [3.8, 4) is 0 Å². The highest BCUT2D eigenvalue weighted by Crippen LogP contribution is 2.29. The lowest BCUT2D eigenvalue weighted by Crippen LogP contribution is -2.40. The van der Waals surface area contributed by atoms with E-state index >= 15 is 0 Å². The Morgan fingerprint density at radius 2 is 2.04 bits per heavy atom. The van der Waals surface area contributed by atoms with E-state index in [1.807, 2.05) is 0 Å². The van der Waals surface area contributed by atoms with Gasteiger partial charge in [0.2, 0.25) is 0 Å². The third-order valence-corrected chi connectivity index (χ3v) is 4.01. The minimum absolute atomic E-state index is 0.122. The van der Waals surface area contributed by atoms with Crippen LogP contribution >= 0.6 is 0 Å². The van der Waals surface area contributed by atoms with Crippen LogP contribution in [0, 0.1) is 10.8 Å². The lowest BCUT2D eigenvalue weighted by atomic mass is 10.1. The number of nitrogens with one attached hydrogen (secondary N) is 3. The summed E-state index contributed by atoms with van der Waals surface area (Å²) in [5.74, 6) is -2.92. The number of anilines is 1. The smallest absolute Gasteiger partial charge is 0.277 e. The highest BCUT2D eigenvalue weighted by molar-refractivity contribution is 6.09. The quantitative estimate of drug-likeness (QED) is 0.570. The molecule has 1 aliphatic rings. The molecule has 3 heterocycles. The van der Waals surface area contributed by atoms with E-state index in [1.54, 1.807) is 17.0 Å². The molecule has 2 aromatic rings. The summed E-state index contributed by atoms with van der Waals surface area (Å²) in [5, 5.41) is 21.2. The van der Waals surface area contributed by atoms with Crippen LogP contribution < -0.4 is 10.2 Å². The number of amides is 1. The van der Waals surface area contributed by atoms with Gasteiger partial charge < -0.3 is 15.6 Å². The molecule has 1 saturated heterocycles. The molecule has 26 heavy (non-hydrogen) atoms. The molecule has 0 spiro atoms. The van der Waals surface area contributed by atoms with Gasteiger partial charge in [-0.15, -0.1) is 5.10 Å². The Morgan fingerprint density at radius 1 is 1.31 bits per heavy atom. The Hall–Kier alpha value is -3.17. The van der Waals surface area contributed by atoms with Crippen molar-refractivity contribution in [1.82, 2.24) is 19.9 Å². The van der Waals surface area contributed by atoms with Crippen LogP contribution in [0.25, 0.3) is 5.65 Å². The number of fused-ring (bicyclic) bond motifs is 1. The van der Waals surface area contributed by atoms with Crippen LogP contribution in [-0.2, 0) is 0 Å². The molecular weight excluding hydrogens is 344 g/mol. The largest absolute Gasteiger partial charge is 0.355 e. The standard InChI is InChI=1S/C16H17F2N7O/c17-16(18)5-8-24(9-6-16)14-4-3-13-21-10-11(25(13)23-14)15(26)22-12(20)2-1-7-19/h1-4,7,10,19H,5-6,8-9H2,(H2,20,22,26)/b2-1-,19-7?. The fraction of sp³-hybridized carbons (Fsp3) is 0.312. The van der Waals surface area contributed by atoms with Gasteiger partial charge in [-0.3, -0.25) is 10.2 Å². The summed E-state index contributed by atoms with van der Waals surface area (Å²) in [5.41, 5.74) is 0.556. The molecule has 0 aliphatic carbocycles. The van der Waals surface area contributed by atoms with Gasteiger partial charge in [0.25, 0.3) is 11.8 Å². The second-order valence-corrected chi connectivity index (χ2v) is 5.84. The van der Waals surface area contributed by atoms with Crippen LogP contribution in [0.1, 0.15) is 23.3 Å². The van der Waals surface area contributed by atoms with Gasteiger partial charge in [0.15, 0.2) is 11.3 Å². The summed E-state index contributed by atoms with van der Waals surface area (Å²) in [6.07, 6.45) is 4.42. The van der Waals surface area contributed by atoms with Crippen LogP contribution in [0.5, 0.6) is 0 Å². The van der Waals surface area contributed by atoms with E-state index < -0.39 is 11.8 Å². The molecule has 1 aliphatic heterocycles. The Balaban J connectivity index is 1.82. The first-order valence-electron chi connectivity index (χ1n) is 7.94. The first-order valence-corrected chi connectivity index (χ1v) is 7.94. The highest BCUT2D eigenvalue weighted by Gasteiger charge is 2.34. The molecule has 136 valence electrons. The monoisotopic (exact) mass is 361 g/mol. The van der Waals surface area contributed by atoms with Crippen LogP contribution in [0.15, 0.2) is 30.5 Å². The highest BCUT2D eigenvalue weighted by atomic mass is 19.3.